The van der Waals surface area contributed by atoms with Gasteiger partial charge in [-0.25, -0.2) is 14.4 Å². The van der Waals surface area contributed by atoms with E-state index >= 15 is 0 Å². The molecule has 0 aromatic rings. The first-order valence-electron chi connectivity index (χ1n) is 27.2. The molecule has 1 aliphatic carbocycles. The Morgan fingerprint density at radius 2 is 1.58 bits per heavy atom. The van der Waals surface area contributed by atoms with E-state index in [1.54, 1.807) is 13.0 Å². The van der Waals surface area contributed by atoms with Crippen LogP contribution in [0.3, 0.4) is 0 Å². The van der Waals surface area contributed by atoms with Gasteiger partial charge in [0.2, 0.25) is 12.2 Å². The first-order chi connectivity index (χ1) is 37.9. The van der Waals surface area contributed by atoms with Crippen molar-refractivity contribution in [2.75, 3.05) is 111 Å². The van der Waals surface area contributed by atoms with Crippen molar-refractivity contribution in [3.8, 4) is 12.0 Å². The minimum Gasteiger partial charge on any atom is -0.466 e. The molecule has 0 spiro atoms. The van der Waals surface area contributed by atoms with Gasteiger partial charge >= 0.3 is 36.0 Å². The van der Waals surface area contributed by atoms with Gasteiger partial charge in [-0.3, -0.25) is 44.0 Å². The van der Waals surface area contributed by atoms with Crippen molar-refractivity contribution in [1.82, 2.24) is 40.9 Å². The number of amides is 4. The van der Waals surface area contributed by atoms with Crippen molar-refractivity contribution < 1.29 is 76.4 Å². The molecule has 4 aliphatic heterocycles. The number of esters is 4. The number of carbonyl (C=O) groups excluding carboxylic acids is 7. The van der Waals surface area contributed by atoms with Crippen molar-refractivity contribution in [3.05, 3.63) is 33.7 Å². The number of nitro groups is 1. The fraction of sp³-hybridized carbons (Fsp3) is 0.750. The van der Waals surface area contributed by atoms with Gasteiger partial charge in [-0.05, 0) is 44.7 Å². The number of allylic oxidation sites excluding steroid dienone is 2. The summed E-state index contributed by atoms with van der Waals surface area (Å²) in [7, 11) is 1.31. The molecule has 26 nitrogen and oxygen atoms in total. The number of carbonyl (C=O) groups is 7. The lowest BCUT2D eigenvalue weighted by atomic mass is 9.91. The third kappa shape index (κ3) is 20.9. The van der Waals surface area contributed by atoms with E-state index < -0.39 is 84.1 Å². The van der Waals surface area contributed by atoms with Gasteiger partial charge in [0.15, 0.2) is 18.0 Å². The summed E-state index contributed by atoms with van der Waals surface area (Å²) >= 11 is 1.83. The fourth-order valence-electron chi connectivity index (χ4n) is 9.92. The standard InChI is InChI=1S/C52H81N9O17S/c1-8-18-57-21-23-59(24-22-58(19-12-29-72-9-2)26-28-60(27-25-57)48(49(66)71-7)55-44(65)14-11-10-13-43-45-39(33-79-43)54-51(67)56-45)20-17-53-52(68)74-31-38-15-16-41(40(30-38)61(69)70)77-50-34(3)46(75-36(5)63)47(76-37(6)64)42(78-50)32-73-35(4)62/h15-16,34,38-39,42-43,45-48,50H,8-11,13-14,17-28,30-33H2,1-7H3,(H,53,68)(H,55,65)(H2,54,56,67). The number of nitrogens with one attached hydrogen (secondary N) is 4. The number of hydrogen-bond donors (Lipinski definition) is 4. The third-order valence-corrected chi connectivity index (χ3v) is 15.5. The Labute approximate surface area is 466 Å². The van der Waals surface area contributed by atoms with Crippen molar-refractivity contribution in [3.63, 3.8) is 0 Å². The van der Waals surface area contributed by atoms with Crippen LogP contribution in [0, 0.1) is 34.0 Å². The lowest BCUT2D eigenvalue weighted by Gasteiger charge is -2.43. The Kier molecular flexibility index (Phi) is 26.7. The van der Waals surface area contributed by atoms with Crippen LogP contribution in [-0.4, -0.2) is 226 Å². The molecule has 10 unspecified atom stereocenters. The zero-order valence-corrected chi connectivity index (χ0v) is 47.4. The molecule has 79 heavy (non-hydrogen) atoms. The lowest BCUT2D eigenvalue weighted by molar-refractivity contribution is -0.433. The predicted molar refractivity (Wildman–Crippen MR) is 286 cm³/mol. The number of alkyl carbamates (subject to hydrolysis) is 1. The molecule has 5 rings (SSSR count). The molecule has 442 valence electrons. The molecule has 0 aromatic heterocycles. The molecular weight excluding hydrogens is 1050 g/mol. The fourth-order valence-corrected chi connectivity index (χ4v) is 11.5. The van der Waals surface area contributed by atoms with Crippen LogP contribution in [0.4, 0.5) is 9.59 Å². The number of hydrogen-bond acceptors (Lipinski definition) is 22. The molecule has 5 aliphatic rings. The van der Waals surface area contributed by atoms with E-state index in [1.807, 2.05) is 23.6 Å². The van der Waals surface area contributed by atoms with Gasteiger partial charge in [0.05, 0.1) is 49.6 Å². The van der Waals surface area contributed by atoms with Crippen LogP contribution in [0.25, 0.3) is 0 Å². The maximum absolute atomic E-state index is 13.5. The highest BCUT2D eigenvalue weighted by Gasteiger charge is 2.50. The SMILES string of the molecule is CCCN1CCN(CCNC(=O)OCC2C=CC(OC3OC(COC(C)=O)C(OC(C)=O)C(OC(C)=O)C3C)=C([N+](=O)[O-])C2)CCN(CC#COCC)CCN(C(NC(=O)CCCCC2SCC3NC(=O)NC32)C(=O)OC)CC1. The number of rotatable bonds is 24. The number of unbranched alkanes of at least 4 members (excludes halogenated alkanes) is 1. The first kappa shape index (κ1) is 63.9. The highest BCUT2D eigenvalue weighted by atomic mass is 32.2. The largest absolute Gasteiger partial charge is 0.466 e. The Morgan fingerprint density at radius 1 is 0.899 bits per heavy atom. The van der Waals surface area contributed by atoms with Gasteiger partial charge in [0.25, 0.3) is 5.70 Å². The normalized spacial score (nSPS) is 26.5. The molecule has 0 saturated carbocycles. The van der Waals surface area contributed by atoms with Crippen LogP contribution < -0.4 is 21.3 Å². The molecule has 4 fully saturated rings. The van der Waals surface area contributed by atoms with Gasteiger partial charge in [0.1, 0.15) is 31.5 Å². The number of nitrogens with zero attached hydrogens (tertiary/aromatic N) is 5. The average Bonchev–Trinajstić information content (AvgIpc) is 3.99. The molecule has 4 N–H and O–H groups in total. The van der Waals surface area contributed by atoms with Gasteiger partial charge in [-0.1, -0.05) is 26.3 Å². The highest BCUT2D eigenvalue weighted by molar-refractivity contribution is 8.00. The highest BCUT2D eigenvalue weighted by Crippen LogP contribution is 2.36. The maximum atomic E-state index is 13.5. The number of thioether (sulfide) groups is 1. The Balaban J connectivity index is 1.15. The second-order valence-electron chi connectivity index (χ2n) is 20.0. The van der Waals surface area contributed by atoms with Crippen LogP contribution in [-0.2, 0) is 61.9 Å². The third-order valence-electron chi connectivity index (χ3n) is 14.0. The Hall–Kier alpha value is -5.92. The second-order valence-corrected chi connectivity index (χ2v) is 21.2. The van der Waals surface area contributed by atoms with Crippen molar-refractivity contribution in [1.29, 1.82) is 0 Å². The summed E-state index contributed by atoms with van der Waals surface area (Å²) in [5.41, 5.74) is -0.321. The van der Waals surface area contributed by atoms with E-state index in [9.17, 15) is 43.7 Å². The predicted octanol–water partition coefficient (Wildman–Crippen LogP) is 1.55. The summed E-state index contributed by atoms with van der Waals surface area (Å²) in [5, 5.41) is 24.4. The Morgan fingerprint density at radius 3 is 2.25 bits per heavy atom. The molecule has 0 radical (unpaired) electrons. The minimum atomic E-state index is -1.27. The smallest absolute Gasteiger partial charge is 0.407 e. The number of ether oxygens (including phenoxy) is 8. The summed E-state index contributed by atoms with van der Waals surface area (Å²) < 4.78 is 44.3. The van der Waals surface area contributed by atoms with Crippen molar-refractivity contribution in [2.45, 2.75) is 128 Å². The molecule has 4 saturated heterocycles. The monoisotopic (exact) mass is 1140 g/mol. The van der Waals surface area contributed by atoms with Crippen LogP contribution in [0.15, 0.2) is 23.6 Å². The van der Waals surface area contributed by atoms with Gasteiger partial charge in [-0.2, -0.15) is 11.8 Å². The topological polar surface area (TPSA) is 298 Å². The van der Waals surface area contributed by atoms with Crippen LogP contribution in [0.2, 0.25) is 0 Å². The van der Waals surface area contributed by atoms with E-state index in [1.165, 1.54) is 27.0 Å². The summed E-state index contributed by atoms with van der Waals surface area (Å²) in [6.45, 7) is 15.3. The van der Waals surface area contributed by atoms with Crippen LogP contribution in [0.5, 0.6) is 0 Å². The number of fused-ring (bicyclic) bond motifs is 1. The number of urea groups is 1. The summed E-state index contributed by atoms with van der Waals surface area (Å²) in [6.07, 6.45) is 2.56. The molecule has 27 heteroatoms. The van der Waals surface area contributed by atoms with Crippen molar-refractivity contribution in [2.24, 2.45) is 11.8 Å². The summed E-state index contributed by atoms with van der Waals surface area (Å²) in [4.78, 5) is 108. The second kappa shape index (κ2) is 33.0. The molecule has 0 aromatic carbocycles. The van der Waals surface area contributed by atoms with Crippen molar-refractivity contribution >= 4 is 53.7 Å². The molecule has 4 heterocycles. The molecule has 10 atom stereocenters. The lowest BCUT2D eigenvalue weighted by Crippen LogP contribution is -2.58. The van der Waals surface area contributed by atoms with Crippen LogP contribution >= 0.6 is 11.8 Å². The number of methoxy groups -OCH3 is 1. The van der Waals surface area contributed by atoms with E-state index in [0.29, 0.717) is 78.5 Å². The minimum absolute atomic E-state index is 0.0962. The van der Waals surface area contributed by atoms with Gasteiger partial charge in [0, 0.05) is 110 Å². The van der Waals surface area contributed by atoms with E-state index in [2.05, 4.69) is 54.9 Å². The van der Waals surface area contributed by atoms with E-state index in [-0.39, 0.29) is 66.7 Å². The average molecular weight is 1140 g/mol. The van der Waals surface area contributed by atoms with E-state index in [4.69, 9.17) is 37.9 Å². The van der Waals surface area contributed by atoms with Gasteiger partial charge in [-0.15, -0.1) is 0 Å². The zero-order valence-electron chi connectivity index (χ0n) is 46.6. The summed E-state index contributed by atoms with van der Waals surface area (Å²) in [6, 6.07) is 0.103. The van der Waals surface area contributed by atoms with Crippen LogP contribution in [0.1, 0.15) is 80.1 Å². The zero-order chi connectivity index (χ0) is 57.4. The quantitative estimate of drug-likeness (QED) is 0.0203. The summed E-state index contributed by atoms with van der Waals surface area (Å²) in [5.74, 6) is -0.462. The first-order valence-corrected chi connectivity index (χ1v) is 28.3. The van der Waals surface area contributed by atoms with E-state index in [0.717, 1.165) is 38.5 Å². The molecule has 0 bridgehead atoms. The van der Waals surface area contributed by atoms with Gasteiger partial charge < -0.3 is 64.1 Å². The molecule has 4 amide bonds. The maximum Gasteiger partial charge on any atom is 0.407 e. The Bertz CT molecular complexity index is 2210. The molecular formula is C52H81N9O17S.